The fourth-order valence-corrected chi connectivity index (χ4v) is 4.35. The van der Waals surface area contributed by atoms with Crippen molar-refractivity contribution in [3.05, 3.63) is 120 Å². The number of benzene rings is 4. The zero-order valence-corrected chi connectivity index (χ0v) is 20.3. The first-order valence-electron chi connectivity index (χ1n) is 11.7. The maximum absolute atomic E-state index is 15.4. The topological polar surface area (TPSA) is 70.5 Å². The van der Waals surface area contributed by atoms with Crippen molar-refractivity contribution >= 4 is 11.4 Å². The first-order chi connectivity index (χ1) is 18.4. The third-order valence-corrected chi connectivity index (χ3v) is 6.24. The van der Waals surface area contributed by atoms with Crippen LogP contribution in [0.15, 0.2) is 109 Å². The SMILES string of the molecule is Nc1ccc(C(Oc2ccccc2)C(C(Oc2ccccc2)c2ccc(N)cc2)(C(F)(F)F)C(F)(F)F)cc1. The van der Waals surface area contributed by atoms with E-state index in [9.17, 15) is 0 Å². The zero-order chi connectivity index (χ0) is 28.3. The number of nitrogen functional groups attached to an aromatic ring is 2. The van der Waals surface area contributed by atoms with Gasteiger partial charge in [-0.3, -0.25) is 0 Å². The third-order valence-electron chi connectivity index (χ3n) is 6.24. The van der Waals surface area contributed by atoms with Crippen molar-refractivity contribution in [2.75, 3.05) is 11.5 Å². The van der Waals surface area contributed by atoms with Gasteiger partial charge in [0.15, 0.2) is 12.2 Å². The van der Waals surface area contributed by atoms with E-state index in [-0.39, 0.29) is 22.9 Å². The van der Waals surface area contributed by atoms with Crippen LogP contribution in [0.4, 0.5) is 37.7 Å². The summed E-state index contributed by atoms with van der Waals surface area (Å²) in [6, 6.07) is 23.2. The van der Waals surface area contributed by atoms with Crippen molar-refractivity contribution in [2.45, 2.75) is 24.6 Å². The van der Waals surface area contributed by atoms with Crippen LogP contribution in [0.1, 0.15) is 23.3 Å². The first kappa shape index (κ1) is 27.7. The minimum atomic E-state index is -5.94. The molecule has 204 valence electrons. The summed E-state index contributed by atoms with van der Waals surface area (Å²) in [5.74, 6) is -0.402. The van der Waals surface area contributed by atoms with Gasteiger partial charge < -0.3 is 20.9 Å². The molecule has 10 heteroatoms. The van der Waals surface area contributed by atoms with Gasteiger partial charge in [-0.2, -0.15) is 26.3 Å². The third kappa shape index (κ3) is 5.59. The summed E-state index contributed by atoms with van der Waals surface area (Å²) in [4.78, 5) is 0. The van der Waals surface area contributed by atoms with Gasteiger partial charge in [0.1, 0.15) is 11.5 Å². The molecular formula is C29H24F6N2O2. The van der Waals surface area contributed by atoms with E-state index >= 15 is 26.3 Å². The first-order valence-corrected chi connectivity index (χ1v) is 11.7. The average Bonchev–Trinajstić information content (AvgIpc) is 2.88. The zero-order valence-electron chi connectivity index (χ0n) is 20.3. The van der Waals surface area contributed by atoms with Gasteiger partial charge in [-0.15, -0.1) is 0 Å². The van der Waals surface area contributed by atoms with Gasteiger partial charge in [0.2, 0.25) is 5.41 Å². The van der Waals surface area contributed by atoms with Crippen molar-refractivity contribution in [1.82, 2.24) is 0 Å². The molecule has 4 rings (SSSR count). The van der Waals surface area contributed by atoms with Crippen LogP contribution < -0.4 is 20.9 Å². The largest absolute Gasteiger partial charge is 0.484 e. The molecule has 0 saturated carbocycles. The fourth-order valence-electron chi connectivity index (χ4n) is 4.35. The van der Waals surface area contributed by atoms with E-state index < -0.39 is 41.1 Å². The molecule has 2 atom stereocenters. The molecule has 2 unspecified atom stereocenters. The number of rotatable bonds is 8. The molecule has 0 bridgehead atoms. The van der Waals surface area contributed by atoms with Crippen molar-refractivity contribution in [3.8, 4) is 11.5 Å². The van der Waals surface area contributed by atoms with E-state index in [4.69, 9.17) is 20.9 Å². The van der Waals surface area contributed by atoms with Crippen LogP contribution in [-0.2, 0) is 0 Å². The van der Waals surface area contributed by atoms with Crippen LogP contribution in [0.5, 0.6) is 11.5 Å². The number of para-hydroxylation sites is 2. The van der Waals surface area contributed by atoms with Crippen LogP contribution >= 0.6 is 0 Å². The van der Waals surface area contributed by atoms with Crippen LogP contribution in [0.3, 0.4) is 0 Å². The van der Waals surface area contributed by atoms with E-state index in [0.717, 1.165) is 24.3 Å². The summed E-state index contributed by atoms with van der Waals surface area (Å²) in [7, 11) is 0. The lowest BCUT2D eigenvalue weighted by Gasteiger charge is -2.47. The Kier molecular flexibility index (Phi) is 7.67. The Bertz CT molecular complexity index is 1240. The van der Waals surface area contributed by atoms with Crippen LogP contribution in [0.25, 0.3) is 0 Å². The van der Waals surface area contributed by atoms with Crippen LogP contribution in [0.2, 0.25) is 0 Å². The highest BCUT2D eigenvalue weighted by atomic mass is 19.4. The molecule has 39 heavy (non-hydrogen) atoms. The second-order valence-corrected chi connectivity index (χ2v) is 8.82. The Balaban J connectivity index is 2.07. The molecule has 0 aliphatic carbocycles. The van der Waals surface area contributed by atoms with Gasteiger partial charge in [0.25, 0.3) is 0 Å². The van der Waals surface area contributed by atoms with Gasteiger partial charge in [-0.1, -0.05) is 60.7 Å². The molecule has 0 amide bonds. The van der Waals surface area contributed by atoms with Crippen molar-refractivity contribution in [3.63, 3.8) is 0 Å². The van der Waals surface area contributed by atoms with Gasteiger partial charge in [-0.25, -0.2) is 0 Å². The average molecular weight is 547 g/mol. The molecule has 0 radical (unpaired) electrons. The number of hydrogen-bond donors (Lipinski definition) is 2. The number of alkyl halides is 6. The lowest BCUT2D eigenvalue weighted by molar-refractivity contribution is -0.388. The Morgan fingerprint density at radius 1 is 0.462 bits per heavy atom. The van der Waals surface area contributed by atoms with Gasteiger partial charge >= 0.3 is 12.4 Å². The van der Waals surface area contributed by atoms with E-state index in [1.54, 1.807) is 12.1 Å². The minimum absolute atomic E-state index is 0.150. The Hall–Kier alpha value is -4.34. The molecule has 4 N–H and O–H groups in total. The molecule has 0 saturated heterocycles. The van der Waals surface area contributed by atoms with Crippen molar-refractivity contribution in [1.29, 1.82) is 0 Å². The Labute approximate surface area is 220 Å². The molecular weight excluding hydrogens is 522 g/mol. The summed E-state index contributed by atoms with van der Waals surface area (Å²) in [6.45, 7) is 0. The number of nitrogens with two attached hydrogens (primary N) is 2. The fraction of sp³-hybridized carbons (Fsp3) is 0.172. The summed E-state index contributed by atoms with van der Waals surface area (Å²) >= 11 is 0. The highest BCUT2D eigenvalue weighted by Crippen LogP contribution is 2.65. The van der Waals surface area contributed by atoms with Crippen molar-refractivity contribution in [2.24, 2.45) is 5.41 Å². The second kappa shape index (κ2) is 10.8. The molecule has 0 aromatic heterocycles. The molecule has 4 nitrogen and oxygen atoms in total. The van der Waals surface area contributed by atoms with Gasteiger partial charge in [0.05, 0.1) is 0 Å². The Morgan fingerprint density at radius 3 is 1.05 bits per heavy atom. The Morgan fingerprint density at radius 2 is 0.769 bits per heavy atom. The summed E-state index contributed by atoms with van der Waals surface area (Å²) in [5, 5.41) is 0. The minimum Gasteiger partial charge on any atom is -0.484 e. The van der Waals surface area contributed by atoms with Crippen LogP contribution in [0, 0.1) is 5.41 Å². The molecule has 0 aliphatic rings. The molecule has 0 fully saturated rings. The molecule has 0 spiro atoms. The maximum atomic E-state index is 15.4. The van der Waals surface area contributed by atoms with E-state index in [2.05, 4.69) is 0 Å². The second-order valence-electron chi connectivity index (χ2n) is 8.82. The van der Waals surface area contributed by atoms with Crippen molar-refractivity contribution < 1.29 is 35.8 Å². The maximum Gasteiger partial charge on any atom is 0.411 e. The van der Waals surface area contributed by atoms with Gasteiger partial charge in [0, 0.05) is 11.4 Å². The number of anilines is 2. The summed E-state index contributed by atoms with van der Waals surface area (Å²) in [5.41, 5.74) is 6.29. The van der Waals surface area contributed by atoms with E-state index in [1.165, 1.54) is 72.8 Å². The number of hydrogen-bond acceptors (Lipinski definition) is 4. The lowest BCUT2D eigenvalue weighted by atomic mass is 9.70. The van der Waals surface area contributed by atoms with E-state index in [0.29, 0.717) is 0 Å². The number of ether oxygens (including phenoxy) is 2. The standard InChI is InChI=1S/C29H24F6N2O2/c30-28(31,32)27(29(33,34)35,25(19-11-15-21(36)16-12-19)38-23-7-3-1-4-8-23)26(20-13-17-22(37)18-14-20)39-24-9-5-2-6-10-24/h1-18,25-26H,36-37H2. The predicted molar refractivity (Wildman–Crippen MR) is 136 cm³/mol. The smallest absolute Gasteiger partial charge is 0.411 e. The molecule has 0 heterocycles. The summed E-state index contributed by atoms with van der Waals surface area (Å²) < 4.78 is 104. The van der Waals surface area contributed by atoms with Crippen LogP contribution in [-0.4, -0.2) is 12.4 Å². The lowest BCUT2D eigenvalue weighted by Crippen LogP contribution is -2.60. The number of halogens is 6. The monoisotopic (exact) mass is 546 g/mol. The highest BCUT2D eigenvalue weighted by molar-refractivity contribution is 5.44. The molecule has 4 aromatic carbocycles. The quantitative estimate of drug-likeness (QED) is 0.174. The summed E-state index contributed by atoms with van der Waals surface area (Å²) in [6.07, 6.45) is -17.2. The molecule has 0 aliphatic heterocycles. The molecule has 4 aromatic rings. The van der Waals surface area contributed by atoms with Gasteiger partial charge in [-0.05, 0) is 59.7 Å². The normalized spacial score (nSPS) is 13.9. The van der Waals surface area contributed by atoms with E-state index in [1.807, 2.05) is 0 Å². The highest BCUT2D eigenvalue weighted by Gasteiger charge is 2.80. The predicted octanol–water partition coefficient (Wildman–Crippen LogP) is 7.90.